The van der Waals surface area contributed by atoms with Crippen molar-refractivity contribution in [3.8, 4) is 0 Å². The lowest BCUT2D eigenvalue weighted by Crippen LogP contribution is -2.41. The molecule has 1 aliphatic rings. The molecule has 0 saturated carbocycles. The summed E-state index contributed by atoms with van der Waals surface area (Å²) >= 11 is 3.93. The molecule has 1 saturated heterocycles. The molecule has 2 nitrogen and oxygen atoms in total. The zero-order valence-electron chi connectivity index (χ0n) is 11.4. The lowest BCUT2D eigenvalue weighted by Gasteiger charge is -2.30. The maximum atomic E-state index is 4.62. The van der Waals surface area contributed by atoms with E-state index >= 15 is 0 Å². The van der Waals surface area contributed by atoms with Crippen LogP contribution in [0.15, 0.2) is 5.38 Å². The summed E-state index contributed by atoms with van der Waals surface area (Å²) in [6.45, 7) is 5.47. The van der Waals surface area contributed by atoms with Crippen LogP contribution in [-0.2, 0) is 6.42 Å². The Morgan fingerprint density at radius 3 is 3.00 bits per heavy atom. The van der Waals surface area contributed by atoms with Crippen LogP contribution in [0, 0.1) is 6.92 Å². The fraction of sp³-hybridized carbons (Fsp3) is 0.786. The van der Waals surface area contributed by atoms with E-state index in [1.165, 1.54) is 42.1 Å². The molecule has 1 aromatic rings. The first-order chi connectivity index (χ1) is 8.79. The molecule has 1 N–H and O–H groups in total. The van der Waals surface area contributed by atoms with Crippen molar-refractivity contribution in [3.05, 3.63) is 16.1 Å². The second-order valence-corrected chi connectivity index (χ2v) is 7.44. The van der Waals surface area contributed by atoms with Gasteiger partial charge in [-0.2, -0.15) is 11.8 Å². The minimum absolute atomic E-state index is 0.608. The van der Waals surface area contributed by atoms with Crippen molar-refractivity contribution >= 4 is 23.1 Å². The average molecular weight is 284 g/mol. The summed E-state index contributed by atoms with van der Waals surface area (Å²) in [5.74, 6) is 1.34. The summed E-state index contributed by atoms with van der Waals surface area (Å²) in [5, 5.41) is 7.94. The first kappa shape index (κ1) is 14.4. The number of hydrogen-bond acceptors (Lipinski definition) is 4. The molecule has 0 aliphatic carbocycles. The number of aromatic nitrogens is 1. The zero-order chi connectivity index (χ0) is 12.8. The number of nitrogens with zero attached hydrogens (tertiary/aromatic N) is 1. The third-order valence-corrected chi connectivity index (χ3v) is 5.75. The third kappa shape index (κ3) is 4.25. The van der Waals surface area contributed by atoms with Gasteiger partial charge in [-0.3, -0.25) is 0 Å². The Bertz CT molecular complexity index is 345. The van der Waals surface area contributed by atoms with Crippen LogP contribution in [0.4, 0.5) is 0 Å². The smallest absolute Gasteiger partial charge is 0.0897 e. The molecule has 2 heterocycles. The highest BCUT2D eigenvalue weighted by Crippen LogP contribution is 2.29. The van der Waals surface area contributed by atoms with Crippen LogP contribution in [0.3, 0.4) is 0 Å². The Morgan fingerprint density at radius 2 is 2.39 bits per heavy atom. The van der Waals surface area contributed by atoms with E-state index in [0.29, 0.717) is 6.04 Å². The Balaban J connectivity index is 1.94. The van der Waals surface area contributed by atoms with Crippen LogP contribution >= 0.6 is 23.1 Å². The molecule has 0 spiro atoms. The predicted octanol–water partition coefficient (Wildman–Crippen LogP) is 3.65. The first-order valence-corrected chi connectivity index (χ1v) is 8.98. The highest BCUT2D eigenvalue weighted by molar-refractivity contribution is 8.00. The van der Waals surface area contributed by atoms with Crippen molar-refractivity contribution in [3.63, 3.8) is 0 Å². The summed E-state index contributed by atoms with van der Waals surface area (Å²) in [7, 11) is 0. The Morgan fingerprint density at radius 1 is 1.50 bits per heavy atom. The normalized spacial score (nSPS) is 22.0. The Hall–Kier alpha value is -0.0600. The van der Waals surface area contributed by atoms with Gasteiger partial charge in [-0.05, 0) is 38.5 Å². The topological polar surface area (TPSA) is 24.9 Å². The van der Waals surface area contributed by atoms with Gasteiger partial charge in [0.15, 0.2) is 0 Å². The molecular formula is C14H24N2S2. The summed E-state index contributed by atoms with van der Waals surface area (Å²) in [5.41, 5.74) is 1.28. The molecule has 1 aromatic heterocycles. The largest absolute Gasteiger partial charge is 0.312 e. The van der Waals surface area contributed by atoms with E-state index in [2.05, 4.69) is 41.3 Å². The minimum atomic E-state index is 0.608. The average Bonchev–Trinajstić information content (AvgIpc) is 2.81. The van der Waals surface area contributed by atoms with Crippen LogP contribution < -0.4 is 5.32 Å². The van der Waals surface area contributed by atoms with Gasteiger partial charge in [-0.15, -0.1) is 11.3 Å². The van der Waals surface area contributed by atoms with Gasteiger partial charge in [0, 0.05) is 23.1 Å². The monoisotopic (exact) mass is 284 g/mol. The van der Waals surface area contributed by atoms with Gasteiger partial charge in [-0.1, -0.05) is 13.3 Å². The number of thioether (sulfide) groups is 1. The van der Waals surface area contributed by atoms with Crippen LogP contribution in [-0.4, -0.2) is 28.6 Å². The molecule has 0 radical (unpaired) electrons. The molecule has 1 aliphatic heterocycles. The first-order valence-electron chi connectivity index (χ1n) is 7.05. The standard InChI is InChI=1S/C14H24N2S2/c1-3-7-15-13(14-6-4-5-8-17-14)9-12-10-18-11(2)16-12/h10,13-15H,3-9H2,1-2H3. The zero-order valence-corrected chi connectivity index (χ0v) is 13.1. The van der Waals surface area contributed by atoms with Gasteiger partial charge in [0.2, 0.25) is 0 Å². The fourth-order valence-electron chi connectivity index (χ4n) is 2.48. The molecule has 0 aromatic carbocycles. The van der Waals surface area contributed by atoms with Crippen LogP contribution in [0.25, 0.3) is 0 Å². The van der Waals surface area contributed by atoms with E-state index < -0.39 is 0 Å². The van der Waals surface area contributed by atoms with Crippen molar-refractivity contribution in [2.75, 3.05) is 12.3 Å². The van der Waals surface area contributed by atoms with Crippen molar-refractivity contribution in [2.24, 2.45) is 0 Å². The summed E-state index contributed by atoms with van der Waals surface area (Å²) in [6, 6.07) is 0.608. The van der Waals surface area contributed by atoms with Gasteiger partial charge in [0.1, 0.15) is 0 Å². The molecule has 102 valence electrons. The van der Waals surface area contributed by atoms with E-state index in [0.717, 1.165) is 18.2 Å². The van der Waals surface area contributed by atoms with Gasteiger partial charge >= 0.3 is 0 Å². The number of rotatable bonds is 6. The molecule has 2 unspecified atom stereocenters. The van der Waals surface area contributed by atoms with Crippen molar-refractivity contribution in [1.82, 2.24) is 10.3 Å². The molecule has 18 heavy (non-hydrogen) atoms. The van der Waals surface area contributed by atoms with E-state index in [-0.39, 0.29) is 0 Å². The molecule has 1 fully saturated rings. The number of thiazole rings is 1. The summed E-state index contributed by atoms with van der Waals surface area (Å²) in [6.07, 6.45) is 6.48. The van der Waals surface area contributed by atoms with Gasteiger partial charge in [0.05, 0.1) is 10.7 Å². The van der Waals surface area contributed by atoms with Crippen molar-refractivity contribution < 1.29 is 0 Å². The van der Waals surface area contributed by atoms with E-state index in [4.69, 9.17) is 0 Å². The molecule has 2 atom stereocenters. The molecule has 4 heteroatoms. The van der Waals surface area contributed by atoms with Crippen molar-refractivity contribution in [2.45, 2.75) is 57.2 Å². The van der Waals surface area contributed by atoms with Crippen molar-refractivity contribution in [1.29, 1.82) is 0 Å². The summed E-state index contributed by atoms with van der Waals surface area (Å²) in [4.78, 5) is 4.62. The SMILES string of the molecule is CCCNC(Cc1csc(C)n1)C1CCCCS1. The number of aryl methyl sites for hydroxylation is 1. The molecule has 2 rings (SSSR count). The molecular weight excluding hydrogens is 260 g/mol. The lowest BCUT2D eigenvalue weighted by molar-refractivity contribution is 0.458. The quantitative estimate of drug-likeness (QED) is 0.863. The Labute approximate surface area is 119 Å². The maximum Gasteiger partial charge on any atom is 0.0897 e. The molecule has 0 bridgehead atoms. The van der Waals surface area contributed by atoms with E-state index in [1.807, 2.05) is 0 Å². The second kappa shape index (κ2) is 7.51. The van der Waals surface area contributed by atoms with Gasteiger partial charge in [0.25, 0.3) is 0 Å². The second-order valence-electron chi connectivity index (χ2n) is 5.03. The van der Waals surface area contributed by atoms with Gasteiger partial charge in [-0.25, -0.2) is 4.98 Å². The van der Waals surface area contributed by atoms with Crippen LogP contribution in [0.1, 0.15) is 43.3 Å². The Kier molecular flexibility index (Phi) is 5.99. The fourth-order valence-corrected chi connectivity index (χ4v) is 4.53. The third-order valence-electron chi connectivity index (χ3n) is 3.42. The highest BCUT2D eigenvalue weighted by atomic mass is 32.2. The van der Waals surface area contributed by atoms with Crippen LogP contribution in [0.5, 0.6) is 0 Å². The van der Waals surface area contributed by atoms with E-state index in [9.17, 15) is 0 Å². The minimum Gasteiger partial charge on any atom is -0.312 e. The summed E-state index contributed by atoms with van der Waals surface area (Å²) < 4.78 is 0. The molecule has 0 amide bonds. The predicted molar refractivity (Wildman–Crippen MR) is 82.7 cm³/mol. The van der Waals surface area contributed by atoms with E-state index in [1.54, 1.807) is 11.3 Å². The van der Waals surface area contributed by atoms with Gasteiger partial charge < -0.3 is 5.32 Å². The number of nitrogens with one attached hydrogen (secondary N) is 1. The number of hydrogen-bond donors (Lipinski definition) is 1. The maximum absolute atomic E-state index is 4.62. The lowest BCUT2D eigenvalue weighted by atomic mass is 10.0. The van der Waals surface area contributed by atoms with Crippen LogP contribution in [0.2, 0.25) is 0 Å². The highest BCUT2D eigenvalue weighted by Gasteiger charge is 2.24.